The zero-order valence-electron chi connectivity index (χ0n) is 15.5. The van der Waals surface area contributed by atoms with Crippen molar-refractivity contribution in [3.8, 4) is 0 Å². The molecule has 2 aromatic heterocycles. The van der Waals surface area contributed by atoms with E-state index in [0.717, 1.165) is 55.4 Å². The Kier molecular flexibility index (Phi) is 5.02. The summed E-state index contributed by atoms with van der Waals surface area (Å²) >= 11 is 0. The van der Waals surface area contributed by atoms with Gasteiger partial charge < -0.3 is 11.1 Å². The largest absolute Gasteiger partial charge is 0.357 e. The van der Waals surface area contributed by atoms with Crippen molar-refractivity contribution in [2.75, 3.05) is 12.4 Å². The van der Waals surface area contributed by atoms with Crippen molar-refractivity contribution in [3.05, 3.63) is 35.7 Å². The van der Waals surface area contributed by atoms with Gasteiger partial charge in [-0.25, -0.2) is 9.67 Å². The van der Waals surface area contributed by atoms with Gasteiger partial charge in [-0.2, -0.15) is 10.1 Å². The lowest BCUT2D eigenvalue weighted by Crippen LogP contribution is -2.28. The minimum atomic E-state index is 0.376. The molecule has 2 aromatic rings. The van der Waals surface area contributed by atoms with Crippen LogP contribution < -0.4 is 11.1 Å². The fourth-order valence-corrected chi connectivity index (χ4v) is 4.03. The summed E-state index contributed by atoms with van der Waals surface area (Å²) in [6.45, 7) is 0.919. The third-order valence-corrected chi connectivity index (χ3v) is 5.61. The predicted molar refractivity (Wildman–Crippen MR) is 105 cm³/mol. The Morgan fingerprint density at radius 2 is 2.12 bits per heavy atom. The molecule has 26 heavy (non-hydrogen) atoms. The maximum absolute atomic E-state index is 6.06. The van der Waals surface area contributed by atoms with Gasteiger partial charge in [-0.05, 0) is 44.4 Å². The summed E-state index contributed by atoms with van der Waals surface area (Å²) < 4.78 is 2.11. The highest BCUT2D eigenvalue weighted by atomic mass is 15.3. The minimum Gasteiger partial charge on any atom is -0.357 e. The predicted octanol–water partition coefficient (Wildman–Crippen LogP) is 3.20. The number of anilines is 1. The molecule has 1 fully saturated rings. The van der Waals surface area contributed by atoms with Crippen LogP contribution in [0.15, 0.2) is 30.0 Å². The second-order valence-electron chi connectivity index (χ2n) is 7.56. The highest BCUT2D eigenvalue weighted by Crippen LogP contribution is 2.28. The van der Waals surface area contributed by atoms with E-state index in [4.69, 9.17) is 15.8 Å². The Balaban J connectivity index is 1.64. The first-order chi connectivity index (χ1) is 12.7. The third kappa shape index (κ3) is 3.65. The highest BCUT2D eigenvalue weighted by Gasteiger charge is 2.22. The average molecular weight is 352 g/mol. The first-order valence-corrected chi connectivity index (χ1v) is 9.73. The number of nitrogens with zero attached hydrogens (tertiary/aromatic N) is 4. The molecule has 0 aliphatic heterocycles. The van der Waals surface area contributed by atoms with E-state index in [1.54, 1.807) is 0 Å². The van der Waals surface area contributed by atoms with E-state index in [-0.39, 0.29) is 0 Å². The number of nitrogens with two attached hydrogens (primary N) is 1. The topological polar surface area (TPSA) is 81.7 Å². The molecular formula is C20H28N6. The lowest BCUT2D eigenvalue weighted by atomic mass is 9.86. The Labute approximate surface area is 154 Å². The number of aromatic nitrogens is 4. The quantitative estimate of drug-likeness (QED) is 0.863. The molecule has 1 saturated carbocycles. The zero-order chi connectivity index (χ0) is 17.9. The summed E-state index contributed by atoms with van der Waals surface area (Å²) in [6.07, 6.45) is 16.2. The van der Waals surface area contributed by atoms with Gasteiger partial charge in [0.25, 0.3) is 0 Å². The van der Waals surface area contributed by atoms with Gasteiger partial charge in [-0.15, -0.1) is 0 Å². The fourth-order valence-electron chi connectivity index (χ4n) is 4.03. The lowest BCUT2D eigenvalue weighted by molar-refractivity contribution is 0.288. The summed E-state index contributed by atoms with van der Waals surface area (Å²) in [4.78, 5) is 9.13. The van der Waals surface area contributed by atoms with Gasteiger partial charge in [-0.3, -0.25) is 0 Å². The molecule has 2 heterocycles. The Hall–Kier alpha value is -2.21. The number of hydrogen-bond acceptors (Lipinski definition) is 5. The molecule has 138 valence electrons. The SMILES string of the molecule is CNc1ncc2c(CC3=CC=CCC3)nn(CC3CCC(N)CC3)c2n1. The summed E-state index contributed by atoms with van der Waals surface area (Å²) in [6, 6.07) is 0.376. The Morgan fingerprint density at radius 3 is 2.85 bits per heavy atom. The molecule has 0 aromatic carbocycles. The van der Waals surface area contributed by atoms with Crippen LogP contribution in [0.2, 0.25) is 0 Å². The van der Waals surface area contributed by atoms with Gasteiger partial charge in [-0.1, -0.05) is 23.8 Å². The maximum atomic E-state index is 6.06. The number of allylic oxidation sites excluding steroid dienone is 4. The summed E-state index contributed by atoms with van der Waals surface area (Å²) in [5.74, 6) is 1.28. The first kappa shape index (κ1) is 17.2. The molecular weight excluding hydrogens is 324 g/mol. The van der Waals surface area contributed by atoms with Gasteiger partial charge in [0, 0.05) is 32.3 Å². The van der Waals surface area contributed by atoms with Gasteiger partial charge in [0.05, 0.1) is 11.1 Å². The van der Waals surface area contributed by atoms with Crippen LogP contribution in [0.4, 0.5) is 5.95 Å². The third-order valence-electron chi connectivity index (χ3n) is 5.61. The summed E-state index contributed by atoms with van der Waals surface area (Å²) in [5, 5.41) is 9.08. The number of fused-ring (bicyclic) bond motifs is 1. The normalized spacial score (nSPS) is 23.2. The van der Waals surface area contributed by atoms with Gasteiger partial charge >= 0.3 is 0 Å². The number of rotatable bonds is 5. The molecule has 6 nitrogen and oxygen atoms in total. The molecule has 0 saturated heterocycles. The van der Waals surface area contributed by atoms with E-state index in [1.807, 2.05) is 13.2 Å². The Morgan fingerprint density at radius 1 is 1.27 bits per heavy atom. The van der Waals surface area contributed by atoms with Crippen molar-refractivity contribution >= 4 is 17.0 Å². The van der Waals surface area contributed by atoms with Gasteiger partial charge in [0.1, 0.15) is 0 Å². The molecule has 0 bridgehead atoms. The van der Waals surface area contributed by atoms with Crippen LogP contribution in [0.1, 0.15) is 44.2 Å². The van der Waals surface area contributed by atoms with Crippen LogP contribution in [0.5, 0.6) is 0 Å². The smallest absolute Gasteiger partial charge is 0.224 e. The van der Waals surface area contributed by atoms with Crippen molar-refractivity contribution in [2.24, 2.45) is 11.7 Å². The second kappa shape index (κ2) is 7.58. The first-order valence-electron chi connectivity index (χ1n) is 9.73. The molecule has 6 heteroatoms. The van der Waals surface area contributed by atoms with Crippen LogP contribution in [-0.2, 0) is 13.0 Å². The van der Waals surface area contributed by atoms with Crippen LogP contribution in [-0.4, -0.2) is 32.8 Å². The van der Waals surface area contributed by atoms with Crippen LogP contribution >= 0.6 is 0 Å². The summed E-state index contributed by atoms with van der Waals surface area (Å²) in [7, 11) is 1.85. The minimum absolute atomic E-state index is 0.376. The lowest BCUT2D eigenvalue weighted by Gasteiger charge is -2.25. The molecule has 3 N–H and O–H groups in total. The van der Waals surface area contributed by atoms with E-state index >= 15 is 0 Å². The number of nitrogens with one attached hydrogen (secondary N) is 1. The fraction of sp³-hybridized carbons (Fsp3) is 0.550. The maximum Gasteiger partial charge on any atom is 0.224 e. The molecule has 2 aliphatic carbocycles. The van der Waals surface area contributed by atoms with Crippen molar-refractivity contribution in [2.45, 2.75) is 57.5 Å². The van der Waals surface area contributed by atoms with Crippen molar-refractivity contribution in [1.29, 1.82) is 0 Å². The van der Waals surface area contributed by atoms with Crippen molar-refractivity contribution in [3.63, 3.8) is 0 Å². The molecule has 0 atom stereocenters. The standard InChI is InChI=1S/C20H28N6/c1-22-20-23-12-17-18(11-14-5-3-2-4-6-14)25-26(19(17)24-20)13-15-7-9-16(21)10-8-15/h2-3,5,12,15-16H,4,6-11,13,21H2,1H3,(H,22,23,24). The van der Waals surface area contributed by atoms with E-state index in [2.05, 4.69) is 33.2 Å². The van der Waals surface area contributed by atoms with E-state index < -0.39 is 0 Å². The van der Waals surface area contributed by atoms with Gasteiger partial charge in [0.15, 0.2) is 5.65 Å². The highest BCUT2D eigenvalue weighted by molar-refractivity contribution is 5.78. The average Bonchev–Trinajstić information content (AvgIpc) is 3.01. The van der Waals surface area contributed by atoms with Crippen molar-refractivity contribution in [1.82, 2.24) is 19.7 Å². The van der Waals surface area contributed by atoms with E-state index in [9.17, 15) is 0 Å². The number of hydrogen-bond donors (Lipinski definition) is 2. The molecule has 0 radical (unpaired) electrons. The van der Waals surface area contributed by atoms with E-state index in [0.29, 0.717) is 17.9 Å². The zero-order valence-corrected chi connectivity index (χ0v) is 15.5. The molecule has 0 spiro atoms. The van der Waals surface area contributed by atoms with E-state index in [1.165, 1.54) is 18.4 Å². The molecule has 4 rings (SSSR count). The van der Waals surface area contributed by atoms with Crippen LogP contribution in [0, 0.1) is 5.92 Å². The van der Waals surface area contributed by atoms with Crippen LogP contribution in [0.3, 0.4) is 0 Å². The van der Waals surface area contributed by atoms with Gasteiger partial charge in [0.2, 0.25) is 5.95 Å². The molecule has 2 aliphatic rings. The Bertz CT molecular complexity index is 826. The second-order valence-corrected chi connectivity index (χ2v) is 7.56. The van der Waals surface area contributed by atoms with Crippen LogP contribution in [0.25, 0.3) is 11.0 Å². The van der Waals surface area contributed by atoms with Crippen molar-refractivity contribution < 1.29 is 0 Å². The molecule has 0 amide bonds. The molecule has 0 unspecified atom stereocenters. The monoisotopic (exact) mass is 352 g/mol. The summed E-state index contributed by atoms with van der Waals surface area (Å²) in [5.41, 5.74) is 9.53.